The average molecular weight is 341 g/mol. The molecule has 1 saturated carbocycles. The van der Waals surface area contributed by atoms with Gasteiger partial charge in [-0.05, 0) is 49.3 Å². The SMILES string of the molecule is CC[C@@H]1C[C@@H](CC(=O)N[C@@H]2C[C@H]2c2cc(F)c(F)c(F)c2)CCO1. The second-order valence-corrected chi connectivity index (χ2v) is 6.81. The maximum absolute atomic E-state index is 13.3. The van der Waals surface area contributed by atoms with Crippen LogP contribution in [0, 0.1) is 23.4 Å². The number of amides is 1. The largest absolute Gasteiger partial charge is 0.378 e. The minimum atomic E-state index is -1.45. The highest BCUT2D eigenvalue weighted by atomic mass is 19.2. The number of halogens is 3. The molecule has 1 saturated heterocycles. The molecule has 4 atom stereocenters. The Hall–Kier alpha value is -1.56. The van der Waals surface area contributed by atoms with E-state index >= 15 is 0 Å². The third-order valence-corrected chi connectivity index (χ3v) is 4.98. The molecule has 24 heavy (non-hydrogen) atoms. The van der Waals surface area contributed by atoms with Gasteiger partial charge in [-0.1, -0.05) is 6.92 Å². The third kappa shape index (κ3) is 3.91. The van der Waals surface area contributed by atoms with Crippen molar-refractivity contribution in [3.05, 3.63) is 35.1 Å². The first kappa shape index (κ1) is 17.3. The van der Waals surface area contributed by atoms with Crippen molar-refractivity contribution < 1.29 is 22.7 Å². The van der Waals surface area contributed by atoms with Gasteiger partial charge in [0.25, 0.3) is 0 Å². The smallest absolute Gasteiger partial charge is 0.220 e. The fraction of sp³-hybridized carbons (Fsp3) is 0.611. The van der Waals surface area contributed by atoms with E-state index in [-0.39, 0.29) is 24.0 Å². The van der Waals surface area contributed by atoms with Crippen LogP contribution < -0.4 is 5.32 Å². The molecular weight excluding hydrogens is 319 g/mol. The van der Waals surface area contributed by atoms with Crippen molar-refractivity contribution >= 4 is 5.91 Å². The Kier molecular flexibility index (Phi) is 5.13. The lowest BCUT2D eigenvalue weighted by Gasteiger charge is -2.28. The average Bonchev–Trinajstić information content (AvgIpc) is 3.31. The first-order chi connectivity index (χ1) is 11.5. The molecule has 1 aromatic rings. The molecule has 6 heteroatoms. The highest BCUT2D eigenvalue weighted by Crippen LogP contribution is 2.41. The molecule has 1 N–H and O–H groups in total. The van der Waals surface area contributed by atoms with Gasteiger partial charge < -0.3 is 10.1 Å². The van der Waals surface area contributed by atoms with E-state index in [4.69, 9.17) is 4.74 Å². The number of carbonyl (C=O) groups is 1. The monoisotopic (exact) mass is 341 g/mol. The van der Waals surface area contributed by atoms with Crippen molar-refractivity contribution in [3.8, 4) is 0 Å². The summed E-state index contributed by atoms with van der Waals surface area (Å²) >= 11 is 0. The van der Waals surface area contributed by atoms with Gasteiger partial charge >= 0.3 is 0 Å². The van der Waals surface area contributed by atoms with Gasteiger partial charge in [-0.25, -0.2) is 13.2 Å². The number of nitrogens with one attached hydrogen (secondary N) is 1. The number of hydrogen-bond acceptors (Lipinski definition) is 2. The molecule has 1 amide bonds. The van der Waals surface area contributed by atoms with Gasteiger partial charge in [0, 0.05) is 25.0 Å². The Balaban J connectivity index is 1.50. The number of carbonyl (C=O) groups excluding carboxylic acids is 1. The molecular formula is C18H22F3NO2. The highest BCUT2D eigenvalue weighted by Gasteiger charge is 2.40. The summed E-state index contributed by atoms with van der Waals surface area (Å²) < 4.78 is 45.2. The Morgan fingerprint density at radius 3 is 2.62 bits per heavy atom. The molecule has 0 spiro atoms. The van der Waals surface area contributed by atoms with E-state index in [1.165, 1.54) is 0 Å². The third-order valence-electron chi connectivity index (χ3n) is 4.98. The van der Waals surface area contributed by atoms with E-state index in [9.17, 15) is 18.0 Å². The quantitative estimate of drug-likeness (QED) is 0.830. The van der Waals surface area contributed by atoms with Gasteiger partial charge in [0.2, 0.25) is 5.91 Å². The summed E-state index contributed by atoms with van der Waals surface area (Å²) in [7, 11) is 0. The van der Waals surface area contributed by atoms with Crippen molar-refractivity contribution in [2.24, 2.45) is 5.92 Å². The summed E-state index contributed by atoms with van der Waals surface area (Å²) in [6.45, 7) is 2.76. The summed E-state index contributed by atoms with van der Waals surface area (Å²) in [5, 5.41) is 2.92. The number of hydrogen-bond donors (Lipinski definition) is 1. The van der Waals surface area contributed by atoms with Gasteiger partial charge in [0.1, 0.15) is 0 Å². The zero-order valence-electron chi connectivity index (χ0n) is 13.7. The minimum absolute atomic E-state index is 0.0349. The van der Waals surface area contributed by atoms with Crippen LogP contribution in [-0.2, 0) is 9.53 Å². The van der Waals surface area contributed by atoms with Crippen LogP contribution in [0.2, 0.25) is 0 Å². The van der Waals surface area contributed by atoms with Gasteiger partial charge in [-0.15, -0.1) is 0 Å². The standard InChI is InChI=1S/C18H22F3NO2/c1-2-12-5-10(3-4-24-12)6-17(23)22-16-9-13(16)11-7-14(19)18(21)15(20)8-11/h7-8,10,12-13,16H,2-6,9H2,1H3,(H,22,23)/t10-,12+,13-,16+/m0/s1. The second-order valence-electron chi connectivity index (χ2n) is 6.81. The molecule has 0 radical (unpaired) electrons. The fourth-order valence-electron chi connectivity index (χ4n) is 3.47. The zero-order valence-corrected chi connectivity index (χ0v) is 13.7. The molecule has 0 aromatic heterocycles. The second kappa shape index (κ2) is 7.13. The molecule has 0 unspecified atom stereocenters. The summed E-state index contributed by atoms with van der Waals surface area (Å²) in [5.41, 5.74) is 0.397. The Morgan fingerprint density at radius 2 is 1.96 bits per heavy atom. The Morgan fingerprint density at radius 1 is 1.25 bits per heavy atom. The van der Waals surface area contributed by atoms with Crippen LogP contribution >= 0.6 is 0 Å². The summed E-state index contributed by atoms with van der Waals surface area (Å²) in [6, 6.07) is 1.91. The van der Waals surface area contributed by atoms with E-state index in [0.717, 1.165) is 31.4 Å². The summed E-state index contributed by atoms with van der Waals surface area (Å²) in [4.78, 5) is 12.2. The Labute approximate surface area is 139 Å². The molecule has 3 nitrogen and oxygen atoms in total. The Bertz CT molecular complexity index is 599. The molecule has 1 aromatic carbocycles. The lowest BCUT2D eigenvalue weighted by atomic mass is 9.91. The van der Waals surface area contributed by atoms with Crippen molar-refractivity contribution in [1.29, 1.82) is 0 Å². The molecule has 1 heterocycles. The summed E-state index contributed by atoms with van der Waals surface area (Å²) in [5.74, 6) is -3.68. The maximum Gasteiger partial charge on any atom is 0.220 e. The predicted octanol–water partition coefficient (Wildman–Crippen LogP) is 3.67. The van der Waals surface area contributed by atoms with E-state index in [1.807, 2.05) is 0 Å². The lowest BCUT2D eigenvalue weighted by molar-refractivity contribution is -0.123. The lowest BCUT2D eigenvalue weighted by Crippen LogP contribution is -2.32. The van der Waals surface area contributed by atoms with Crippen molar-refractivity contribution in [2.75, 3.05) is 6.61 Å². The molecule has 0 bridgehead atoms. The number of ether oxygens (including phenoxy) is 1. The normalized spacial score (nSPS) is 29.3. The molecule has 2 aliphatic rings. The predicted molar refractivity (Wildman–Crippen MR) is 83.0 cm³/mol. The van der Waals surface area contributed by atoms with E-state index in [2.05, 4.69) is 12.2 Å². The first-order valence-corrected chi connectivity index (χ1v) is 8.53. The van der Waals surface area contributed by atoms with Crippen LogP contribution in [-0.4, -0.2) is 24.7 Å². The molecule has 3 rings (SSSR count). The minimum Gasteiger partial charge on any atom is -0.378 e. The molecule has 2 fully saturated rings. The van der Waals surface area contributed by atoms with Crippen molar-refractivity contribution in [3.63, 3.8) is 0 Å². The molecule has 1 aliphatic heterocycles. The van der Waals surface area contributed by atoms with E-state index in [0.29, 0.717) is 30.9 Å². The molecule has 132 valence electrons. The van der Waals surface area contributed by atoms with Crippen LogP contribution in [0.3, 0.4) is 0 Å². The van der Waals surface area contributed by atoms with E-state index < -0.39 is 17.5 Å². The van der Waals surface area contributed by atoms with Gasteiger partial charge in [-0.2, -0.15) is 0 Å². The zero-order chi connectivity index (χ0) is 17.3. The maximum atomic E-state index is 13.3. The fourth-order valence-corrected chi connectivity index (χ4v) is 3.47. The van der Waals surface area contributed by atoms with E-state index in [1.54, 1.807) is 0 Å². The summed E-state index contributed by atoms with van der Waals surface area (Å²) in [6.07, 6.45) is 4.04. The van der Waals surface area contributed by atoms with Crippen molar-refractivity contribution in [1.82, 2.24) is 5.32 Å². The van der Waals surface area contributed by atoms with Gasteiger partial charge in [0.05, 0.1) is 6.10 Å². The molecule has 1 aliphatic carbocycles. The van der Waals surface area contributed by atoms with Crippen LogP contribution in [0.5, 0.6) is 0 Å². The highest BCUT2D eigenvalue weighted by molar-refractivity contribution is 5.77. The van der Waals surface area contributed by atoms with Crippen LogP contribution in [0.15, 0.2) is 12.1 Å². The number of benzene rings is 1. The van der Waals surface area contributed by atoms with Crippen LogP contribution in [0.4, 0.5) is 13.2 Å². The number of rotatable bonds is 5. The van der Waals surface area contributed by atoms with Crippen LogP contribution in [0.25, 0.3) is 0 Å². The van der Waals surface area contributed by atoms with Crippen LogP contribution in [0.1, 0.15) is 50.5 Å². The van der Waals surface area contributed by atoms with Gasteiger partial charge in [-0.3, -0.25) is 4.79 Å². The first-order valence-electron chi connectivity index (χ1n) is 8.53. The van der Waals surface area contributed by atoms with Gasteiger partial charge in [0.15, 0.2) is 17.5 Å². The van der Waals surface area contributed by atoms with Crippen molar-refractivity contribution in [2.45, 2.75) is 57.1 Å². The topological polar surface area (TPSA) is 38.3 Å².